The predicted octanol–water partition coefficient (Wildman–Crippen LogP) is 10.4. The number of hydrogen-bond acceptors (Lipinski definition) is 1. The van der Waals surface area contributed by atoms with Crippen LogP contribution in [0.25, 0.3) is 33.7 Å². The van der Waals surface area contributed by atoms with Gasteiger partial charge in [0.2, 0.25) is 0 Å². The van der Waals surface area contributed by atoms with Gasteiger partial charge in [0.25, 0.3) is 0 Å². The summed E-state index contributed by atoms with van der Waals surface area (Å²) in [5.74, 6) is 0. The molecule has 5 aromatic rings. The molecule has 1 nitrogen and oxygen atoms in total. The third kappa shape index (κ3) is 4.81. The molecule has 0 unspecified atom stereocenters. The van der Waals surface area contributed by atoms with Crippen LogP contribution in [-0.2, 0) is 12.8 Å². The molecule has 39 heavy (non-hydrogen) atoms. The first-order chi connectivity index (χ1) is 19.3. The highest BCUT2D eigenvalue weighted by Gasteiger charge is 2.21. The molecular formula is C38H33N. The highest BCUT2D eigenvalue weighted by Crippen LogP contribution is 2.38. The average Bonchev–Trinajstić information content (AvgIpc) is 3.00. The molecule has 0 amide bonds. The number of fused-ring (bicyclic) bond motifs is 3. The van der Waals surface area contributed by atoms with Gasteiger partial charge >= 0.3 is 0 Å². The van der Waals surface area contributed by atoms with E-state index in [0.717, 1.165) is 12.8 Å². The van der Waals surface area contributed by atoms with Crippen molar-refractivity contribution in [2.75, 3.05) is 4.90 Å². The Morgan fingerprint density at radius 2 is 1.33 bits per heavy atom. The molecule has 2 aliphatic rings. The third-order valence-corrected chi connectivity index (χ3v) is 8.19. The second-order valence-corrected chi connectivity index (χ2v) is 10.8. The van der Waals surface area contributed by atoms with Gasteiger partial charge in [-0.15, -0.1) is 0 Å². The minimum Gasteiger partial charge on any atom is -0.311 e. The van der Waals surface area contributed by atoms with E-state index in [1.807, 2.05) is 0 Å². The van der Waals surface area contributed by atoms with Gasteiger partial charge in [-0.3, -0.25) is 0 Å². The van der Waals surface area contributed by atoms with Crippen LogP contribution in [0.1, 0.15) is 47.9 Å². The lowest BCUT2D eigenvalue weighted by Crippen LogP contribution is -2.19. The summed E-state index contributed by atoms with van der Waals surface area (Å²) < 4.78 is 0. The number of aryl methyl sites for hydroxylation is 1. The van der Waals surface area contributed by atoms with Crippen molar-refractivity contribution in [3.8, 4) is 0 Å². The smallest absolute Gasteiger partial charge is 0.0496 e. The maximum Gasteiger partial charge on any atom is 0.0496 e. The van der Waals surface area contributed by atoms with E-state index >= 15 is 0 Å². The number of nitrogens with zero attached hydrogens (tertiary/aromatic N) is 1. The Labute approximate surface area is 231 Å². The Hall–Kier alpha value is -4.36. The van der Waals surface area contributed by atoms with Gasteiger partial charge in [-0.1, -0.05) is 85.0 Å². The number of allylic oxidation sites excluding steroid dienone is 3. The van der Waals surface area contributed by atoms with Crippen molar-refractivity contribution >= 4 is 45.1 Å². The Kier molecular flexibility index (Phi) is 6.34. The van der Waals surface area contributed by atoms with Crippen LogP contribution in [0.4, 0.5) is 11.4 Å². The zero-order chi connectivity index (χ0) is 26.0. The molecule has 0 atom stereocenters. The van der Waals surface area contributed by atoms with E-state index in [1.54, 1.807) is 0 Å². The van der Waals surface area contributed by atoms with Gasteiger partial charge in [-0.2, -0.15) is 0 Å². The van der Waals surface area contributed by atoms with E-state index in [0.29, 0.717) is 0 Å². The van der Waals surface area contributed by atoms with Gasteiger partial charge in [0.05, 0.1) is 0 Å². The van der Waals surface area contributed by atoms with Gasteiger partial charge in [0, 0.05) is 17.1 Å². The number of rotatable bonds is 5. The molecule has 0 aliphatic heterocycles. The van der Waals surface area contributed by atoms with Crippen LogP contribution in [0.15, 0.2) is 121 Å². The summed E-state index contributed by atoms with van der Waals surface area (Å²) in [7, 11) is 0. The molecule has 0 saturated heterocycles. The molecule has 7 rings (SSSR count). The number of anilines is 2. The van der Waals surface area contributed by atoms with Gasteiger partial charge in [0.1, 0.15) is 0 Å². The SMILES string of the molecule is C1=CC(N(c2ccc(C=Cc3ccc4cc5ccccc5cc4c3)cc2)c2cccc3c2CCCC3)=CCC1. The summed E-state index contributed by atoms with van der Waals surface area (Å²) >= 11 is 0. The first kappa shape index (κ1) is 23.7. The number of hydrogen-bond donors (Lipinski definition) is 0. The summed E-state index contributed by atoms with van der Waals surface area (Å²) in [6, 6.07) is 35.8. The third-order valence-electron chi connectivity index (χ3n) is 8.19. The fourth-order valence-electron chi connectivity index (χ4n) is 6.15. The van der Waals surface area contributed by atoms with E-state index in [2.05, 4.69) is 132 Å². The van der Waals surface area contributed by atoms with Gasteiger partial charge in [-0.05, 0) is 125 Å². The molecule has 0 saturated carbocycles. The lowest BCUT2D eigenvalue weighted by molar-refractivity contribution is 0.685. The van der Waals surface area contributed by atoms with Crippen molar-refractivity contribution < 1.29 is 0 Å². The molecule has 0 fully saturated rings. The quantitative estimate of drug-likeness (QED) is 0.170. The van der Waals surface area contributed by atoms with Crippen molar-refractivity contribution in [2.24, 2.45) is 0 Å². The van der Waals surface area contributed by atoms with E-state index in [-0.39, 0.29) is 0 Å². The van der Waals surface area contributed by atoms with Crippen LogP contribution in [0.2, 0.25) is 0 Å². The molecular weight excluding hydrogens is 470 g/mol. The zero-order valence-electron chi connectivity index (χ0n) is 22.3. The first-order valence-corrected chi connectivity index (χ1v) is 14.3. The van der Waals surface area contributed by atoms with Crippen LogP contribution in [0.3, 0.4) is 0 Å². The molecule has 1 heteroatoms. The fraction of sp³-hybridized carbons (Fsp3) is 0.158. The van der Waals surface area contributed by atoms with Crippen molar-refractivity contribution in [3.63, 3.8) is 0 Å². The van der Waals surface area contributed by atoms with E-state index < -0.39 is 0 Å². The normalized spacial score (nSPS) is 15.0. The summed E-state index contributed by atoms with van der Waals surface area (Å²) in [4.78, 5) is 2.47. The molecule has 5 aromatic carbocycles. The van der Waals surface area contributed by atoms with Crippen molar-refractivity contribution in [3.05, 3.63) is 143 Å². The van der Waals surface area contributed by atoms with Gasteiger partial charge < -0.3 is 4.90 Å². The highest BCUT2D eigenvalue weighted by molar-refractivity contribution is 5.99. The summed E-state index contributed by atoms with van der Waals surface area (Å²) in [5, 5.41) is 5.14. The van der Waals surface area contributed by atoms with Crippen molar-refractivity contribution in [1.82, 2.24) is 0 Å². The van der Waals surface area contributed by atoms with Crippen molar-refractivity contribution in [1.29, 1.82) is 0 Å². The monoisotopic (exact) mass is 503 g/mol. The average molecular weight is 504 g/mol. The van der Waals surface area contributed by atoms with Crippen LogP contribution in [-0.4, -0.2) is 0 Å². The molecule has 0 radical (unpaired) electrons. The molecule has 0 N–H and O–H groups in total. The second kappa shape index (κ2) is 10.4. The summed E-state index contributed by atoms with van der Waals surface area (Å²) in [5.41, 5.74) is 9.33. The zero-order valence-corrected chi connectivity index (χ0v) is 22.3. The number of benzene rings is 5. The van der Waals surface area contributed by atoms with Crippen LogP contribution >= 0.6 is 0 Å². The van der Waals surface area contributed by atoms with E-state index in [1.165, 1.54) is 86.6 Å². The fourth-order valence-corrected chi connectivity index (χ4v) is 6.15. The maximum atomic E-state index is 2.47. The summed E-state index contributed by atoms with van der Waals surface area (Å²) in [6.07, 6.45) is 18.6. The first-order valence-electron chi connectivity index (χ1n) is 14.3. The van der Waals surface area contributed by atoms with E-state index in [9.17, 15) is 0 Å². The largest absolute Gasteiger partial charge is 0.311 e. The van der Waals surface area contributed by atoms with Gasteiger partial charge in [-0.25, -0.2) is 0 Å². The Morgan fingerprint density at radius 1 is 0.590 bits per heavy atom. The molecule has 0 spiro atoms. The standard InChI is InChI=1S/C38H33N/c1-2-13-35(14-3-1)39(38-16-8-12-30-9-6-7-15-37(30)38)36-23-20-28(21-24-36)17-18-29-19-22-33-26-31-10-4-5-11-32(31)27-34(33)25-29/h2,4-5,8,10-14,16-27H,1,3,6-7,9,15H2. The topological polar surface area (TPSA) is 3.24 Å². The van der Waals surface area contributed by atoms with Crippen LogP contribution in [0, 0.1) is 0 Å². The molecule has 190 valence electrons. The Morgan fingerprint density at radius 3 is 2.15 bits per heavy atom. The lowest BCUT2D eigenvalue weighted by Gasteiger charge is -2.31. The Bertz CT molecular complexity index is 1750. The summed E-state index contributed by atoms with van der Waals surface area (Å²) in [6.45, 7) is 0. The molecule has 0 bridgehead atoms. The lowest BCUT2D eigenvalue weighted by atomic mass is 9.89. The minimum absolute atomic E-state index is 1.10. The predicted molar refractivity (Wildman–Crippen MR) is 169 cm³/mol. The minimum atomic E-state index is 1.10. The molecule has 0 heterocycles. The molecule has 2 aliphatic carbocycles. The van der Waals surface area contributed by atoms with Crippen LogP contribution < -0.4 is 4.90 Å². The Balaban J connectivity index is 1.19. The molecule has 0 aromatic heterocycles. The second-order valence-electron chi connectivity index (χ2n) is 10.8. The van der Waals surface area contributed by atoms with Crippen LogP contribution in [0.5, 0.6) is 0 Å². The highest BCUT2D eigenvalue weighted by atomic mass is 15.1. The van der Waals surface area contributed by atoms with E-state index in [4.69, 9.17) is 0 Å². The van der Waals surface area contributed by atoms with Gasteiger partial charge in [0.15, 0.2) is 0 Å². The maximum absolute atomic E-state index is 2.47. The van der Waals surface area contributed by atoms with Crippen molar-refractivity contribution in [2.45, 2.75) is 38.5 Å².